The van der Waals surface area contributed by atoms with Crippen molar-refractivity contribution in [3.63, 3.8) is 0 Å². The van der Waals surface area contributed by atoms with Crippen LogP contribution in [0.5, 0.6) is 17.2 Å². The molecule has 1 aromatic rings. The molecule has 0 saturated carbocycles. The molecule has 8 heteroatoms. The molecular weight excluding hydrogens is 420 g/mol. The van der Waals surface area contributed by atoms with Crippen LogP contribution in [0.15, 0.2) is 17.0 Å². The number of amides is 1. The first-order chi connectivity index (χ1) is 14.5. The van der Waals surface area contributed by atoms with Gasteiger partial charge in [-0.2, -0.15) is 0 Å². The van der Waals surface area contributed by atoms with Gasteiger partial charge in [-0.1, -0.05) is 20.8 Å². The van der Waals surface area contributed by atoms with Crippen molar-refractivity contribution < 1.29 is 23.6 Å². The Balaban J connectivity index is 2.25. The Morgan fingerprint density at radius 1 is 1.07 bits per heavy atom. The van der Waals surface area contributed by atoms with E-state index in [0.29, 0.717) is 22.2 Å². The summed E-state index contributed by atoms with van der Waals surface area (Å²) < 4.78 is 19.2. The highest BCUT2D eigenvalue weighted by atomic mass is 32.2. The van der Waals surface area contributed by atoms with E-state index in [1.54, 1.807) is 44.9 Å². The molecule has 0 bridgehead atoms. The molecule has 0 fully saturated rings. The summed E-state index contributed by atoms with van der Waals surface area (Å²) in [6.07, 6.45) is 2.86. The fraction of sp³-hybridized carbons (Fsp3) is 0.545. The largest absolute Gasteiger partial charge is 0.493 e. The highest BCUT2D eigenvalue weighted by Crippen LogP contribution is 2.40. The quantitative estimate of drug-likeness (QED) is 0.368. The van der Waals surface area contributed by atoms with Gasteiger partial charge in [-0.25, -0.2) is 4.79 Å². The number of thioether (sulfide) groups is 2. The maximum absolute atomic E-state index is 13.1. The number of ether oxygens (including phenoxy) is 3. The van der Waals surface area contributed by atoms with Crippen molar-refractivity contribution in [2.45, 2.75) is 27.2 Å². The van der Waals surface area contributed by atoms with Crippen LogP contribution in [0.1, 0.15) is 32.8 Å². The molecule has 30 heavy (non-hydrogen) atoms. The van der Waals surface area contributed by atoms with Crippen molar-refractivity contribution in [2.24, 2.45) is 0 Å². The first-order valence-electron chi connectivity index (χ1n) is 10.3. The number of rotatable bonds is 11. The summed E-state index contributed by atoms with van der Waals surface area (Å²) in [4.78, 5) is 16.2. The first-order valence-corrected chi connectivity index (χ1v) is 12.1. The standard InChI is InChI=1S/C22H33N2O4S2/c1-7-23(8-2)11-10-12-24-21(25)19(30-22(24)29-9-3)15-16-13-17(26-4)20(28-6)18(14-16)27-5/h13-15H,7-12H2,1-6H3/q+1/b19-15-. The van der Waals surface area contributed by atoms with E-state index in [9.17, 15) is 4.79 Å². The zero-order valence-electron chi connectivity index (χ0n) is 18.8. The number of carbonyl (C=O) groups excluding carboxylic acids is 1. The Morgan fingerprint density at radius 3 is 2.20 bits per heavy atom. The molecule has 0 aromatic heterocycles. The van der Waals surface area contributed by atoms with Crippen molar-refractivity contribution in [3.05, 3.63) is 22.6 Å². The van der Waals surface area contributed by atoms with Gasteiger partial charge in [0.05, 0.1) is 21.3 Å². The van der Waals surface area contributed by atoms with E-state index in [-0.39, 0.29) is 5.91 Å². The third-order valence-corrected chi connectivity index (χ3v) is 7.14. The Morgan fingerprint density at radius 2 is 1.70 bits per heavy atom. The fourth-order valence-electron chi connectivity index (χ4n) is 3.25. The van der Waals surface area contributed by atoms with Gasteiger partial charge in [0.15, 0.2) is 18.0 Å². The lowest BCUT2D eigenvalue weighted by molar-refractivity contribution is -0.438. The maximum atomic E-state index is 13.1. The van der Waals surface area contributed by atoms with Crippen molar-refractivity contribution in [2.75, 3.05) is 53.3 Å². The molecule has 0 atom stereocenters. The first kappa shape index (κ1) is 24.6. The number of benzene rings is 1. The van der Waals surface area contributed by atoms with Crippen LogP contribution in [-0.2, 0) is 4.79 Å². The van der Waals surface area contributed by atoms with E-state index in [2.05, 4.69) is 25.7 Å². The van der Waals surface area contributed by atoms with Crippen molar-refractivity contribution in [1.29, 1.82) is 0 Å². The van der Waals surface area contributed by atoms with Crippen molar-refractivity contribution in [3.8, 4) is 17.2 Å². The molecule has 0 N–H and O–H groups in total. The van der Waals surface area contributed by atoms with Gasteiger partial charge in [-0.15, -0.1) is 4.58 Å². The number of hydrogen-bond acceptors (Lipinski definition) is 7. The molecule has 166 valence electrons. The molecule has 0 aliphatic carbocycles. The van der Waals surface area contributed by atoms with Crippen LogP contribution in [-0.4, -0.2) is 73.0 Å². The van der Waals surface area contributed by atoms with Gasteiger partial charge in [0, 0.05) is 18.7 Å². The lowest BCUT2D eigenvalue weighted by Crippen LogP contribution is -2.28. The van der Waals surface area contributed by atoms with E-state index in [4.69, 9.17) is 14.2 Å². The summed E-state index contributed by atoms with van der Waals surface area (Å²) in [6.45, 7) is 10.2. The van der Waals surface area contributed by atoms with Crippen LogP contribution in [0.2, 0.25) is 0 Å². The van der Waals surface area contributed by atoms with Gasteiger partial charge in [0.1, 0.15) is 4.91 Å². The van der Waals surface area contributed by atoms with Gasteiger partial charge < -0.3 is 19.1 Å². The third-order valence-electron chi connectivity index (χ3n) is 4.88. The average Bonchev–Trinajstić information content (AvgIpc) is 3.05. The van der Waals surface area contributed by atoms with Crippen LogP contribution in [0, 0.1) is 0 Å². The minimum Gasteiger partial charge on any atom is -0.493 e. The molecule has 0 radical (unpaired) electrons. The van der Waals surface area contributed by atoms with E-state index in [1.807, 2.05) is 22.8 Å². The minimum atomic E-state index is 0.0595. The molecule has 0 spiro atoms. The van der Waals surface area contributed by atoms with Gasteiger partial charge in [0.25, 0.3) is 4.38 Å². The Kier molecular flexibility index (Phi) is 10.1. The monoisotopic (exact) mass is 453 g/mol. The molecule has 6 nitrogen and oxygen atoms in total. The molecule has 1 aliphatic rings. The summed E-state index contributed by atoms with van der Waals surface area (Å²) >= 11 is 3.26. The average molecular weight is 454 g/mol. The van der Waals surface area contributed by atoms with Gasteiger partial charge in [-0.05, 0) is 60.4 Å². The van der Waals surface area contributed by atoms with Gasteiger partial charge in [-0.3, -0.25) is 0 Å². The van der Waals surface area contributed by atoms with E-state index in [1.165, 1.54) is 0 Å². The minimum absolute atomic E-state index is 0.0595. The van der Waals surface area contributed by atoms with Crippen LogP contribution >= 0.6 is 23.5 Å². The van der Waals surface area contributed by atoms with E-state index in [0.717, 1.165) is 48.3 Å². The molecule has 0 saturated heterocycles. The van der Waals surface area contributed by atoms with Crippen LogP contribution in [0.4, 0.5) is 0 Å². The number of nitrogens with zero attached hydrogens (tertiary/aromatic N) is 2. The summed E-state index contributed by atoms with van der Waals surface area (Å²) in [5.41, 5.74) is 0.839. The molecule has 1 aliphatic heterocycles. The second kappa shape index (κ2) is 12.3. The molecule has 0 unspecified atom stereocenters. The normalized spacial score (nSPS) is 15.4. The second-order valence-electron chi connectivity index (χ2n) is 6.61. The van der Waals surface area contributed by atoms with E-state index >= 15 is 0 Å². The zero-order valence-corrected chi connectivity index (χ0v) is 20.5. The number of carbonyl (C=O) groups is 1. The molecule has 1 aromatic carbocycles. The lowest BCUT2D eigenvalue weighted by atomic mass is 10.1. The van der Waals surface area contributed by atoms with E-state index < -0.39 is 0 Å². The smallest absolute Gasteiger partial charge is 0.427 e. The maximum Gasteiger partial charge on any atom is 0.427 e. The molecule has 2 rings (SSSR count). The number of hydrogen-bond donors (Lipinski definition) is 0. The van der Waals surface area contributed by atoms with Gasteiger partial charge >= 0.3 is 5.91 Å². The lowest BCUT2D eigenvalue weighted by Gasteiger charge is -2.16. The Hall–Kier alpha value is -1.64. The summed E-state index contributed by atoms with van der Waals surface area (Å²) in [7, 11) is 4.75. The predicted molar refractivity (Wildman–Crippen MR) is 127 cm³/mol. The van der Waals surface area contributed by atoms with Crippen LogP contribution in [0.25, 0.3) is 6.08 Å². The Labute approximate surface area is 188 Å². The van der Waals surface area contributed by atoms with Gasteiger partial charge in [0.2, 0.25) is 5.75 Å². The fourth-order valence-corrected chi connectivity index (χ4v) is 5.55. The molecular formula is C22H33N2O4S2+. The second-order valence-corrected chi connectivity index (χ2v) is 9.15. The molecule has 1 heterocycles. The third kappa shape index (κ3) is 5.95. The van der Waals surface area contributed by atoms with Crippen molar-refractivity contribution >= 4 is 39.9 Å². The zero-order chi connectivity index (χ0) is 22.1. The molecule has 1 amide bonds. The number of methoxy groups -OCH3 is 3. The topological polar surface area (TPSA) is 51.0 Å². The highest BCUT2D eigenvalue weighted by Gasteiger charge is 2.37. The van der Waals surface area contributed by atoms with Crippen LogP contribution < -0.4 is 14.2 Å². The Bertz CT molecular complexity index is 779. The van der Waals surface area contributed by atoms with Crippen molar-refractivity contribution in [1.82, 2.24) is 4.90 Å². The van der Waals surface area contributed by atoms with Crippen LogP contribution in [0.3, 0.4) is 0 Å². The predicted octanol–water partition coefficient (Wildman–Crippen LogP) is 4.18. The highest BCUT2D eigenvalue weighted by molar-refractivity contribution is 8.40. The summed E-state index contributed by atoms with van der Waals surface area (Å²) in [5, 5.41) is 0. The summed E-state index contributed by atoms with van der Waals surface area (Å²) in [6, 6.07) is 3.72. The SMILES string of the molecule is CCSC1=[N+](CCCN(CC)CC)C(=O)/C(=C/c2cc(OC)c(OC)c(OC)c2)S1. The summed E-state index contributed by atoms with van der Waals surface area (Å²) in [5.74, 6) is 2.67.